The van der Waals surface area contributed by atoms with Gasteiger partial charge in [-0.2, -0.15) is 0 Å². The van der Waals surface area contributed by atoms with Gasteiger partial charge in [-0.05, 0) is 36.8 Å². The number of hydrogen-bond acceptors (Lipinski definition) is 4. The van der Waals surface area contributed by atoms with E-state index in [4.69, 9.17) is 11.5 Å². The van der Waals surface area contributed by atoms with Crippen molar-refractivity contribution in [1.82, 2.24) is 4.98 Å². The van der Waals surface area contributed by atoms with Gasteiger partial charge < -0.3 is 16.8 Å². The van der Waals surface area contributed by atoms with Gasteiger partial charge in [-0.3, -0.25) is 14.6 Å². The van der Waals surface area contributed by atoms with Crippen molar-refractivity contribution in [2.24, 2.45) is 5.73 Å². The Bertz CT molecular complexity index is 665. The molecule has 0 bridgehead atoms. The summed E-state index contributed by atoms with van der Waals surface area (Å²) >= 11 is 0. The minimum atomic E-state index is -0.639. The number of nitrogens with zero attached hydrogens (tertiary/aromatic N) is 1. The molecule has 20 heavy (non-hydrogen) atoms. The topological polar surface area (TPSA) is 111 Å². The summed E-state index contributed by atoms with van der Waals surface area (Å²) in [6.07, 6.45) is 1.29. The standard InChI is InChI=1S/C14H14N4O2/c1-8-2-4-11(10(15)6-8)18-14(20)9-3-5-12(13(16)19)17-7-9/h2-7H,15H2,1H3,(H2,16,19)(H,18,20). The summed E-state index contributed by atoms with van der Waals surface area (Å²) in [5, 5.41) is 2.68. The lowest BCUT2D eigenvalue weighted by Gasteiger charge is -2.08. The fraction of sp³-hybridized carbons (Fsp3) is 0.0714. The molecule has 6 nitrogen and oxygen atoms in total. The van der Waals surface area contributed by atoms with E-state index in [-0.39, 0.29) is 11.6 Å². The number of carbonyl (C=O) groups is 2. The highest BCUT2D eigenvalue weighted by atomic mass is 16.2. The van der Waals surface area contributed by atoms with Crippen molar-refractivity contribution in [2.75, 3.05) is 11.1 Å². The third-order valence-electron chi connectivity index (χ3n) is 2.73. The summed E-state index contributed by atoms with van der Waals surface area (Å²) in [5.41, 5.74) is 13.3. The number of nitrogens with two attached hydrogens (primary N) is 2. The molecule has 0 aliphatic rings. The van der Waals surface area contributed by atoms with Crippen molar-refractivity contribution in [3.05, 3.63) is 53.3 Å². The number of aromatic nitrogens is 1. The maximum absolute atomic E-state index is 12.0. The SMILES string of the molecule is Cc1ccc(NC(=O)c2ccc(C(N)=O)nc2)c(N)c1. The number of aryl methyl sites for hydroxylation is 1. The Balaban J connectivity index is 2.17. The van der Waals surface area contributed by atoms with Crippen LogP contribution in [0.2, 0.25) is 0 Å². The van der Waals surface area contributed by atoms with Crippen LogP contribution >= 0.6 is 0 Å². The second kappa shape index (κ2) is 5.40. The molecule has 2 amide bonds. The second-order valence-electron chi connectivity index (χ2n) is 4.34. The van der Waals surface area contributed by atoms with Crippen LogP contribution in [0.5, 0.6) is 0 Å². The maximum Gasteiger partial charge on any atom is 0.267 e. The summed E-state index contributed by atoms with van der Waals surface area (Å²) < 4.78 is 0. The number of rotatable bonds is 3. The maximum atomic E-state index is 12.0. The molecular weight excluding hydrogens is 256 g/mol. The molecule has 0 aliphatic carbocycles. The van der Waals surface area contributed by atoms with Gasteiger partial charge >= 0.3 is 0 Å². The van der Waals surface area contributed by atoms with Gasteiger partial charge in [-0.15, -0.1) is 0 Å². The fourth-order valence-electron chi connectivity index (χ4n) is 1.66. The van der Waals surface area contributed by atoms with Crippen molar-refractivity contribution in [3.63, 3.8) is 0 Å². The van der Waals surface area contributed by atoms with Gasteiger partial charge in [0.05, 0.1) is 16.9 Å². The van der Waals surface area contributed by atoms with E-state index in [0.717, 1.165) is 5.56 Å². The molecule has 2 aromatic rings. The number of anilines is 2. The van der Waals surface area contributed by atoms with E-state index in [1.165, 1.54) is 18.3 Å². The predicted octanol–water partition coefficient (Wildman–Crippen LogP) is 1.32. The fourth-order valence-corrected chi connectivity index (χ4v) is 1.66. The molecule has 0 saturated carbocycles. The van der Waals surface area contributed by atoms with E-state index in [9.17, 15) is 9.59 Å². The Morgan fingerprint density at radius 2 is 1.95 bits per heavy atom. The Hall–Kier alpha value is -2.89. The van der Waals surface area contributed by atoms with Crippen LogP contribution in [0.25, 0.3) is 0 Å². The molecule has 0 spiro atoms. The lowest BCUT2D eigenvalue weighted by atomic mass is 10.2. The highest BCUT2D eigenvalue weighted by Crippen LogP contribution is 2.20. The number of primary amides is 1. The molecule has 0 aliphatic heterocycles. The molecule has 1 aromatic carbocycles. The number of carbonyl (C=O) groups excluding carboxylic acids is 2. The molecule has 1 aromatic heterocycles. The Labute approximate surface area is 115 Å². The van der Waals surface area contributed by atoms with Crippen molar-refractivity contribution >= 4 is 23.2 Å². The molecule has 6 heteroatoms. The number of amides is 2. The zero-order valence-electron chi connectivity index (χ0n) is 10.9. The molecule has 0 radical (unpaired) electrons. The van der Waals surface area contributed by atoms with E-state index in [1.807, 2.05) is 13.0 Å². The van der Waals surface area contributed by atoms with Gasteiger partial charge in [-0.1, -0.05) is 6.07 Å². The van der Waals surface area contributed by atoms with Crippen LogP contribution in [0.15, 0.2) is 36.5 Å². The first-order valence-corrected chi connectivity index (χ1v) is 5.90. The summed E-state index contributed by atoms with van der Waals surface area (Å²) in [4.78, 5) is 26.7. The zero-order chi connectivity index (χ0) is 14.7. The molecule has 0 unspecified atom stereocenters. The van der Waals surface area contributed by atoms with Crippen molar-refractivity contribution in [3.8, 4) is 0 Å². The highest BCUT2D eigenvalue weighted by Gasteiger charge is 2.10. The lowest BCUT2D eigenvalue weighted by Crippen LogP contribution is -2.16. The first-order valence-electron chi connectivity index (χ1n) is 5.90. The predicted molar refractivity (Wildman–Crippen MR) is 76.3 cm³/mol. The normalized spacial score (nSPS) is 10.1. The van der Waals surface area contributed by atoms with Gasteiger partial charge in [0.15, 0.2) is 0 Å². The molecular formula is C14H14N4O2. The van der Waals surface area contributed by atoms with E-state index < -0.39 is 5.91 Å². The van der Waals surface area contributed by atoms with Crippen molar-refractivity contribution in [1.29, 1.82) is 0 Å². The van der Waals surface area contributed by atoms with Crippen LogP contribution in [-0.4, -0.2) is 16.8 Å². The van der Waals surface area contributed by atoms with E-state index >= 15 is 0 Å². The van der Waals surface area contributed by atoms with Crippen LogP contribution in [0.1, 0.15) is 26.4 Å². The van der Waals surface area contributed by atoms with E-state index in [0.29, 0.717) is 16.9 Å². The molecule has 1 heterocycles. The quantitative estimate of drug-likeness (QED) is 0.730. The van der Waals surface area contributed by atoms with Crippen LogP contribution in [0, 0.1) is 6.92 Å². The first-order chi connectivity index (χ1) is 9.47. The average Bonchev–Trinajstić information content (AvgIpc) is 2.42. The van der Waals surface area contributed by atoms with Gasteiger partial charge in [0.25, 0.3) is 11.8 Å². The van der Waals surface area contributed by atoms with Crippen molar-refractivity contribution in [2.45, 2.75) is 6.92 Å². The minimum absolute atomic E-state index is 0.108. The largest absolute Gasteiger partial charge is 0.397 e. The van der Waals surface area contributed by atoms with Crippen molar-refractivity contribution < 1.29 is 9.59 Å². The Morgan fingerprint density at radius 1 is 1.20 bits per heavy atom. The molecule has 5 N–H and O–H groups in total. The van der Waals surface area contributed by atoms with Crippen LogP contribution in [0.3, 0.4) is 0 Å². The molecule has 2 rings (SSSR count). The minimum Gasteiger partial charge on any atom is -0.397 e. The zero-order valence-corrected chi connectivity index (χ0v) is 10.9. The molecule has 0 atom stereocenters. The number of nitrogen functional groups attached to an aromatic ring is 1. The second-order valence-corrected chi connectivity index (χ2v) is 4.34. The summed E-state index contributed by atoms with van der Waals surface area (Å²) in [5.74, 6) is -0.996. The lowest BCUT2D eigenvalue weighted by molar-refractivity contribution is 0.0990. The van der Waals surface area contributed by atoms with Crippen LogP contribution in [-0.2, 0) is 0 Å². The molecule has 0 saturated heterocycles. The molecule has 0 fully saturated rings. The van der Waals surface area contributed by atoms with E-state index in [2.05, 4.69) is 10.3 Å². The Kier molecular flexibility index (Phi) is 3.65. The van der Waals surface area contributed by atoms with Crippen LogP contribution < -0.4 is 16.8 Å². The number of hydrogen-bond donors (Lipinski definition) is 3. The summed E-state index contributed by atoms with van der Waals surface area (Å²) in [7, 11) is 0. The average molecular weight is 270 g/mol. The van der Waals surface area contributed by atoms with Gasteiger partial charge in [0, 0.05) is 6.20 Å². The van der Waals surface area contributed by atoms with E-state index in [1.54, 1.807) is 12.1 Å². The van der Waals surface area contributed by atoms with Gasteiger partial charge in [0.2, 0.25) is 0 Å². The van der Waals surface area contributed by atoms with Crippen LogP contribution in [0.4, 0.5) is 11.4 Å². The van der Waals surface area contributed by atoms with Gasteiger partial charge in [-0.25, -0.2) is 0 Å². The number of nitrogens with one attached hydrogen (secondary N) is 1. The smallest absolute Gasteiger partial charge is 0.267 e. The first kappa shape index (κ1) is 13.5. The monoisotopic (exact) mass is 270 g/mol. The Morgan fingerprint density at radius 3 is 2.50 bits per heavy atom. The van der Waals surface area contributed by atoms with Gasteiger partial charge in [0.1, 0.15) is 5.69 Å². The third-order valence-corrected chi connectivity index (χ3v) is 2.73. The number of pyridine rings is 1. The summed E-state index contributed by atoms with van der Waals surface area (Å²) in [6, 6.07) is 8.22. The third kappa shape index (κ3) is 2.92. The highest BCUT2D eigenvalue weighted by molar-refractivity contribution is 6.05. The molecule has 102 valence electrons. The summed E-state index contributed by atoms with van der Waals surface area (Å²) in [6.45, 7) is 1.91. The number of benzene rings is 1.